The molecule has 1 unspecified atom stereocenters. The Morgan fingerprint density at radius 1 is 1.29 bits per heavy atom. The summed E-state index contributed by atoms with van der Waals surface area (Å²) in [5, 5.41) is 23.7. The minimum absolute atomic E-state index is 0.123. The third kappa shape index (κ3) is 5.37. The molecule has 0 saturated carbocycles. The molecule has 0 aliphatic heterocycles. The Morgan fingerprint density at radius 3 is 2.50 bits per heavy atom. The van der Waals surface area contributed by atoms with Gasteiger partial charge in [0.15, 0.2) is 0 Å². The number of anilines is 1. The summed E-state index contributed by atoms with van der Waals surface area (Å²) in [7, 11) is 0. The van der Waals surface area contributed by atoms with Crippen LogP contribution in [-0.4, -0.2) is 27.3 Å². The Kier molecular flexibility index (Phi) is 6.58. The van der Waals surface area contributed by atoms with Crippen molar-refractivity contribution in [3.63, 3.8) is 0 Å². The molecular formula is C17H14ClF3N2O4S. The van der Waals surface area contributed by atoms with E-state index in [0.29, 0.717) is 22.1 Å². The lowest BCUT2D eigenvalue weighted by Gasteiger charge is -2.22. The van der Waals surface area contributed by atoms with Crippen LogP contribution >= 0.6 is 23.4 Å². The fourth-order valence-corrected chi connectivity index (χ4v) is 3.36. The summed E-state index contributed by atoms with van der Waals surface area (Å²) in [4.78, 5) is 22.5. The summed E-state index contributed by atoms with van der Waals surface area (Å²) in [5.41, 5.74) is -4.90. The van der Waals surface area contributed by atoms with Crippen LogP contribution in [0.25, 0.3) is 0 Å². The SMILES string of the molecule is CC(O)(CSc1ccccc1Cl)C(=O)Nc1ccc([N+](=O)[O-])c(C(F)(F)F)c1. The van der Waals surface area contributed by atoms with E-state index in [0.717, 1.165) is 17.8 Å². The summed E-state index contributed by atoms with van der Waals surface area (Å²) >= 11 is 7.09. The van der Waals surface area contributed by atoms with Crippen molar-refractivity contribution in [1.29, 1.82) is 0 Å². The van der Waals surface area contributed by atoms with Crippen LogP contribution in [-0.2, 0) is 11.0 Å². The van der Waals surface area contributed by atoms with Gasteiger partial charge in [-0.1, -0.05) is 23.7 Å². The maximum absolute atomic E-state index is 13.0. The number of benzene rings is 2. The van der Waals surface area contributed by atoms with Crippen LogP contribution in [0, 0.1) is 10.1 Å². The summed E-state index contributed by atoms with van der Waals surface area (Å²) in [6, 6.07) is 8.81. The zero-order valence-electron chi connectivity index (χ0n) is 14.3. The highest BCUT2D eigenvalue weighted by Gasteiger charge is 2.39. The molecule has 2 aromatic rings. The van der Waals surface area contributed by atoms with E-state index in [9.17, 15) is 33.2 Å². The smallest absolute Gasteiger partial charge is 0.379 e. The largest absolute Gasteiger partial charge is 0.423 e. The van der Waals surface area contributed by atoms with Gasteiger partial charge in [-0.2, -0.15) is 13.2 Å². The van der Waals surface area contributed by atoms with E-state index in [4.69, 9.17) is 11.6 Å². The van der Waals surface area contributed by atoms with Crippen LogP contribution in [0.4, 0.5) is 24.5 Å². The van der Waals surface area contributed by atoms with Gasteiger partial charge in [-0.15, -0.1) is 11.8 Å². The van der Waals surface area contributed by atoms with Crippen LogP contribution < -0.4 is 5.32 Å². The lowest BCUT2D eigenvalue weighted by Crippen LogP contribution is -2.42. The van der Waals surface area contributed by atoms with Crippen molar-refractivity contribution in [1.82, 2.24) is 0 Å². The van der Waals surface area contributed by atoms with Crippen LogP contribution in [0.1, 0.15) is 12.5 Å². The molecular weight excluding hydrogens is 421 g/mol. The second kappa shape index (κ2) is 8.38. The van der Waals surface area contributed by atoms with Crippen molar-refractivity contribution in [2.45, 2.75) is 23.6 Å². The Balaban J connectivity index is 2.16. The number of nitrogens with zero attached hydrogens (tertiary/aromatic N) is 1. The first-order valence-corrected chi connectivity index (χ1v) is 9.05. The lowest BCUT2D eigenvalue weighted by atomic mass is 10.1. The third-order valence-electron chi connectivity index (χ3n) is 3.59. The number of nitrogens with one attached hydrogen (secondary N) is 1. The number of nitro benzene ring substituents is 1. The Morgan fingerprint density at radius 2 is 1.93 bits per heavy atom. The first-order valence-electron chi connectivity index (χ1n) is 7.68. The maximum Gasteiger partial charge on any atom is 0.423 e. The lowest BCUT2D eigenvalue weighted by molar-refractivity contribution is -0.388. The number of aliphatic hydroxyl groups is 1. The summed E-state index contributed by atoms with van der Waals surface area (Å²) in [6.45, 7) is 1.20. The van der Waals surface area contributed by atoms with Gasteiger partial charge in [-0.05, 0) is 31.2 Å². The standard InChI is InChI=1S/C17H14ClF3N2O4S/c1-16(25,9-28-14-5-3-2-4-12(14)18)15(24)22-10-6-7-13(23(26)27)11(8-10)17(19,20)21/h2-8,25H,9H2,1H3,(H,22,24). The topological polar surface area (TPSA) is 92.5 Å². The number of alkyl halides is 3. The molecule has 2 aromatic carbocycles. The van der Waals surface area contributed by atoms with E-state index in [1.807, 2.05) is 0 Å². The van der Waals surface area contributed by atoms with Crippen molar-refractivity contribution in [3.8, 4) is 0 Å². The van der Waals surface area contributed by atoms with Crippen LogP contribution in [0.15, 0.2) is 47.4 Å². The number of amides is 1. The molecule has 0 aliphatic carbocycles. The second-order valence-electron chi connectivity index (χ2n) is 5.93. The minimum Gasteiger partial charge on any atom is -0.379 e. The maximum atomic E-state index is 13.0. The molecule has 150 valence electrons. The molecule has 0 radical (unpaired) electrons. The Labute approximate surface area is 166 Å². The van der Waals surface area contributed by atoms with Crippen LogP contribution in [0.5, 0.6) is 0 Å². The number of rotatable bonds is 6. The zero-order chi connectivity index (χ0) is 21.1. The molecule has 0 spiro atoms. The highest BCUT2D eigenvalue weighted by molar-refractivity contribution is 7.99. The zero-order valence-corrected chi connectivity index (χ0v) is 15.9. The van der Waals surface area contributed by atoms with Crippen molar-refractivity contribution >= 4 is 40.6 Å². The number of halogens is 4. The summed E-state index contributed by atoms with van der Waals surface area (Å²) in [6.07, 6.45) is -4.98. The number of hydrogen-bond donors (Lipinski definition) is 2. The van der Waals surface area contributed by atoms with Gasteiger partial charge in [0.2, 0.25) is 0 Å². The van der Waals surface area contributed by atoms with Crippen LogP contribution in [0.3, 0.4) is 0 Å². The molecule has 0 fully saturated rings. The first kappa shape index (κ1) is 22.0. The molecule has 2 N–H and O–H groups in total. The number of carbonyl (C=O) groups excluding carboxylic acids is 1. The highest BCUT2D eigenvalue weighted by Crippen LogP contribution is 2.38. The van der Waals surface area contributed by atoms with E-state index < -0.39 is 33.9 Å². The van der Waals surface area contributed by atoms with Crippen LogP contribution in [0.2, 0.25) is 5.02 Å². The Bertz CT molecular complexity index is 906. The van der Waals surface area contributed by atoms with Gasteiger partial charge in [0.25, 0.3) is 11.6 Å². The second-order valence-corrected chi connectivity index (χ2v) is 7.36. The van der Waals surface area contributed by atoms with E-state index in [1.54, 1.807) is 24.3 Å². The highest BCUT2D eigenvalue weighted by atomic mass is 35.5. The molecule has 6 nitrogen and oxygen atoms in total. The third-order valence-corrected chi connectivity index (χ3v) is 5.41. The normalized spacial score (nSPS) is 13.6. The van der Waals surface area contributed by atoms with E-state index >= 15 is 0 Å². The van der Waals surface area contributed by atoms with Gasteiger partial charge in [0.1, 0.15) is 11.2 Å². The predicted octanol–water partition coefficient (Wildman–Crippen LogP) is 4.75. The number of carbonyl (C=O) groups is 1. The van der Waals surface area contributed by atoms with Gasteiger partial charge in [0, 0.05) is 22.4 Å². The fraction of sp³-hybridized carbons (Fsp3) is 0.235. The van der Waals surface area contributed by atoms with Crippen molar-refractivity contribution in [3.05, 3.63) is 63.2 Å². The molecule has 0 aromatic heterocycles. The predicted molar refractivity (Wildman–Crippen MR) is 99.5 cm³/mol. The van der Waals surface area contributed by atoms with Crippen molar-refractivity contribution < 1.29 is 28.0 Å². The molecule has 1 atom stereocenters. The summed E-state index contributed by atoms with van der Waals surface area (Å²) in [5.74, 6) is -1.09. The van der Waals surface area contributed by atoms with E-state index in [2.05, 4.69) is 5.32 Å². The van der Waals surface area contributed by atoms with E-state index in [1.165, 1.54) is 6.92 Å². The first-order chi connectivity index (χ1) is 12.9. The molecule has 0 saturated heterocycles. The van der Waals surface area contributed by atoms with Crippen molar-refractivity contribution in [2.75, 3.05) is 11.1 Å². The number of nitro groups is 1. The van der Waals surface area contributed by atoms with Crippen molar-refractivity contribution in [2.24, 2.45) is 0 Å². The molecule has 0 heterocycles. The monoisotopic (exact) mass is 434 g/mol. The van der Waals surface area contributed by atoms with Gasteiger partial charge >= 0.3 is 6.18 Å². The van der Waals surface area contributed by atoms with Gasteiger partial charge in [-0.3, -0.25) is 14.9 Å². The molecule has 0 aliphatic rings. The van der Waals surface area contributed by atoms with E-state index in [-0.39, 0.29) is 11.4 Å². The minimum atomic E-state index is -4.98. The fourth-order valence-electron chi connectivity index (χ4n) is 2.11. The average Bonchev–Trinajstić information content (AvgIpc) is 2.60. The molecule has 28 heavy (non-hydrogen) atoms. The molecule has 2 rings (SSSR count). The molecule has 0 bridgehead atoms. The quantitative estimate of drug-likeness (QED) is 0.389. The number of hydrogen-bond acceptors (Lipinski definition) is 5. The van der Waals surface area contributed by atoms with Gasteiger partial charge in [0.05, 0.1) is 9.95 Å². The molecule has 1 amide bonds. The summed E-state index contributed by atoms with van der Waals surface area (Å²) < 4.78 is 39.1. The number of thioether (sulfide) groups is 1. The van der Waals surface area contributed by atoms with Gasteiger partial charge in [-0.25, -0.2) is 0 Å². The Hall–Kier alpha value is -2.30. The van der Waals surface area contributed by atoms with Gasteiger partial charge < -0.3 is 10.4 Å². The molecule has 11 heteroatoms. The average molecular weight is 435 g/mol.